The Balaban J connectivity index is 1.64. The molecule has 0 unspecified atom stereocenters. The van der Waals surface area contributed by atoms with Crippen molar-refractivity contribution in [3.05, 3.63) is 77.9 Å². The summed E-state index contributed by atoms with van der Waals surface area (Å²) in [5.74, 6) is -0.523. The fourth-order valence-electron chi connectivity index (χ4n) is 2.94. The van der Waals surface area contributed by atoms with Crippen molar-refractivity contribution < 1.29 is 14.6 Å². The van der Waals surface area contributed by atoms with Gasteiger partial charge < -0.3 is 15.2 Å². The van der Waals surface area contributed by atoms with Crippen molar-refractivity contribution >= 4 is 23.3 Å². The minimum absolute atomic E-state index is 0.229. The molecule has 0 aliphatic carbocycles. The highest BCUT2D eigenvalue weighted by Gasteiger charge is 2.10. The molecule has 0 radical (unpaired) electrons. The van der Waals surface area contributed by atoms with Gasteiger partial charge in [0.25, 0.3) is 0 Å². The Morgan fingerprint density at radius 3 is 2.50 bits per heavy atom. The van der Waals surface area contributed by atoms with Crippen molar-refractivity contribution in [3.63, 3.8) is 0 Å². The number of hydrogen-bond donors (Lipinski definition) is 2. The molecule has 0 amide bonds. The van der Waals surface area contributed by atoms with Gasteiger partial charge in [0.1, 0.15) is 0 Å². The highest BCUT2D eigenvalue weighted by molar-refractivity contribution is 5.88. The van der Waals surface area contributed by atoms with Crippen LogP contribution in [0.3, 0.4) is 0 Å². The number of carboxylic acid groups (broad SMARTS) is 1. The molecule has 2 aromatic carbocycles. The molecule has 0 saturated heterocycles. The highest BCUT2D eigenvalue weighted by atomic mass is 16.5. The van der Waals surface area contributed by atoms with Gasteiger partial charge in [-0.2, -0.15) is 4.98 Å². The number of anilines is 2. The first kappa shape index (κ1) is 17.7. The van der Waals surface area contributed by atoms with E-state index in [9.17, 15) is 4.79 Å². The SMILES string of the molecule is COCc1ccc(-c2cccc3nc(Nc4ccc(C(=O)O)cc4)nn23)cc1. The first-order valence-corrected chi connectivity index (χ1v) is 8.68. The zero-order chi connectivity index (χ0) is 19.5. The highest BCUT2D eigenvalue weighted by Crippen LogP contribution is 2.23. The van der Waals surface area contributed by atoms with Crippen LogP contribution in [0.15, 0.2) is 66.7 Å². The van der Waals surface area contributed by atoms with Gasteiger partial charge in [0.15, 0.2) is 5.65 Å². The summed E-state index contributed by atoms with van der Waals surface area (Å²) >= 11 is 0. The normalized spacial score (nSPS) is 10.9. The molecule has 0 spiro atoms. The second-order valence-corrected chi connectivity index (χ2v) is 6.25. The second-order valence-electron chi connectivity index (χ2n) is 6.25. The van der Waals surface area contributed by atoms with Crippen molar-refractivity contribution in [1.29, 1.82) is 0 Å². The van der Waals surface area contributed by atoms with Crippen LogP contribution >= 0.6 is 0 Å². The molecule has 0 fully saturated rings. The molecule has 7 heteroatoms. The van der Waals surface area contributed by atoms with E-state index in [1.807, 2.05) is 42.5 Å². The van der Waals surface area contributed by atoms with E-state index in [-0.39, 0.29) is 5.56 Å². The smallest absolute Gasteiger partial charge is 0.335 e. The molecular formula is C21H18N4O3. The minimum Gasteiger partial charge on any atom is -0.478 e. The van der Waals surface area contributed by atoms with Crippen LogP contribution in [0.4, 0.5) is 11.6 Å². The van der Waals surface area contributed by atoms with Crippen molar-refractivity contribution in [3.8, 4) is 11.3 Å². The monoisotopic (exact) mass is 374 g/mol. The number of benzene rings is 2. The van der Waals surface area contributed by atoms with E-state index in [2.05, 4.69) is 15.4 Å². The summed E-state index contributed by atoms with van der Waals surface area (Å²) in [5.41, 5.74) is 4.70. The number of carbonyl (C=O) groups is 1. The topological polar surface area (TPSA) is 88.8 Å². The molecule has 0 aliphatic heterocycles. The molecule has 4 rings (SSSR count). The van der Waals surface area contributed by atoms with Crippen LogP contribution in [0.5, 0.6) is 0 Å². The molecule has 0 aliphatic rings. The van der Waals surface area contributed by atoms with E-state index in [0.717, 1.165) is 16.8 Å². The zero-order valence-electron chi connectivity index (χ0n) is 15.2. The largest absolute Gasteiger partial charge is 0.478 e. The number of nitrogens with zero attached hydrogens (tertiary/aromatic N) is 3. The summed E-state index contributed by atoms with van der Waals surface area (Å²) in [6.45, 7) is 0.572. The maximum Gasteiger partial charge on any atom is 0.335 e. The zero-order valence-corrected chi connectivity index (χ0v) is 15.2. The van der Waals surface area contributed by atoms with Crippen molar-refractivity contribution in [2.75, 3.05) is 12.4 Å². The first-order valence-electron chi connectivity index (χ1n) is 8.68. The first-order chi connectivity index (χ1) is 13.6. The van der Waals surface area contributed by atoms with Crippen molar-refractivity contribution in [2.24, 2.45) is 0 Å². The Bertz CT molecular complexity index is 1120. The van der Waals surface area contributed by atoms with Gasteiger partial charge in [-0.1, -0.05) is 30.3 Å². The van der Waals surface area contributed by atoms with E-state index < -0.39 is 5.97 Å². The van der Waals surface area contributed by atoms with E-state index >= 15 is 0 Å². The average Bonchev–Trinajstić information content (AvgIpc) is 3.12. The third kappa shape index (κ3) is 3.56. The number of rotatable bonds is 6. The maximum atomic E-state index is 11.0. The molecule has 140 valence electrons. The molecule has 2 aromatic heterocycles. The summed E-state index contributed by atoms with van der Waals surface area (Å²) in [5, 5.41) is 16.7. The van der Waals surface area contributed by atoms with Gasteiger partial charge in [0.05, 0.1) is 17.9 Å². The predicted octanol–water partition coefficient (Wildman–Crippen LogP) is 3.98. The maximum absolute atomic E-state index is 11.0. The Hall–Kier alpha value is -3.71. The number of aromatic nitrogens is 3. The number of methoxy groups -OCH3 is 1. The summed E-state index contributed by atoms with van der Waals surface area (Å²) in [7, 11) is 1.67. The van der Waals surface area contributed by atoms with Gasteiger partial charge in [-0.25, -0.2) is 9.31 Å². The molecule has 2 N–H and O–H groups in total. The van der Waals surface area contributed by atoms with Gasteiger partial charge >= 0.3 is 5.97 Å². The molecule has 0 saturated carbocycles. The number of nitrogens with one attached hydrogen (secondary N) is 1. The van der Waals surface area contributed by atoms with Crippen molar-refractivity contribution in [2.45, 2.75) is 6.61 Å². The summed E-state index contributed by atoms with van der Waals surface area (Å²) in [6.07, 6.45) is 0. The fourth-order valence-corrected chi connectivity index (χ4v) is 2.94. The summed E-state index contributed by atoms with van der Waals surface area (Å²) in [4.78, 5) is 15.5. The molecule has 0 atom stereocenters. The predicted molar refractivity (Wildman–Crippen MR) is 106 cm³/mol. The summed E-state index contributed by atoms with van der Waals surface area (Å²) in [6, 6.07) is 20.4. The van der Waals surface area contributed by atoms with Crippen molar-refractivity contribution in [1.82, 2.24) is 14.6 Å². The minimum atomic E-state index is -0.960. The lowest BCUT2D eigenvalue weighted by atomic mass is 10.1. The average molecular weight is 374 g/mol. The summed E-state index contributed by atoms with van der Waals surface area (Å²) < 4.78 is 6.93. The van der Waals surface area contributed by atoms with Gasteiger partial charge in [-0.3, -0.25) is 0 Å². The number of hydrogen-bond acceptors (Lipinski definition) is 5. The van der Waals surface area contributed by atoms with Gasteiger partial charge in [-0.15, -0.1) is 5.10 Å². The van der Waals surface area contributed by atoms with E-state index in [1.54, 1.807) is 23.8 Å². The number of aromatic carboxylic acids is 1. The third-order valence-corrected chi connectivity index (χ3v) is 4.31. The molecule has 4 aromatic rings. The lowest BCUT2D eigenvalue weighted by Crippen LogP contribution is -1.98. The molecule has 2 heterocycles. The van der Waals surface area contributed by atoms with Crippen LogP contribution in [0, 0.1) is 0 Å². The number of carboxylic acids is 1. The van der Waals surface area contributed by atoms with Crippen LogP contribution in [-0.2, 0) is 11.3 Å². The van der Waals surface area contributed by atoms with E-state index in [0.29, 0.717) is 23.9 Å². The molecule has 0 bridgehead atoms. The Kier molecular flexibility index (Phi) is 4.74. The molecule has 7 nitrogen and oxygen atoms in total. The Morgan fingerprint density at radius 2 is 1.82 bits per heavy atom. The van der Waals surface area contributed by atoms with E-state index in [1.165, 1.54) is 12.1 Å². The quantitative estimate of drug-likeness (QED) is 0.531. The number of pyridine rings is 1. The van der Waals surface area contributed by atoms with Crippen LogP contribution in [-0.4, -0.2) is 32.8 Å². The van der Waals surface area contributed by atoms with Crippen LogP contribution in [0.25, 0.3) is 16.9 Å². The second kappa shape index (κ2) is 7.50. The lowest BCUT2D eigenvalue weighted by Gasteiger charge is -2.06. The van der Waals surface area contributed by atoms with Gasteiger partial charge in [0.2, 0.25) is 5.95 Å². The van der Waals surface area contributed by atoms with Gasteiger partial charge in [0, 0.05) is 18.4 Å². The van der Waals surface area contributed by atoms with Crippen LogP contribution in [0.2, 0.25) is 0 Å². The van der Waals surface area contributed by atoms with Crippen LogP contribution in [0.1, 0.15) is 15.9 Å². The van der Waals surface area contributed by atoms with Gasteiger partial charge in [-0.05, 0) is 42.0 Å². The Labute approximate surface area is 161 Å². The lowest BCUT2D eigenvalue weighted by molar-refractivity contribution is 0.0697. The molecule has 28 heavy (non-hydrogen) atoms. The number of ether oxygens (including phenoxy) is 1. The van der Waals surface area contributed by atoms with Crippen LogP contribution < -0.4 is 5.32 Å². The molecular weight excluding hydrogens is 356 g/mol. The fraction of sp³-hybridized carbons (Fsp3) is 0.0952. The standard InChI is InChI=1S/C21H18N4O3/c1-28-13-14-5-7-15(8-6-14)18-3-2-4-19-23-21(24-25(18)19)22-17-11-9-16(10-12-17)20(26)27/h2-12H,13H2,1H3,(H,22,24)(H,26,27). The third-order valence-electron chi connectivity index (χ3n) is 4.31. The van der Waals surface area contributed by atoms with E-state index in [4.69, 9.17) is 9.84 Å². The Morgan fingerprint density at radius 1 is 1.07 bits per heavy atom. The number of fused-ring (bicyclic) bond motifs is 1.